The number of nitrogen functional groups attached to an aromatic ring is 1. The van der Waals surface area contributed by atoms with Crippen LogP contribution in [-0.4, -0.2) is 22.3 Å². The minimum Gasteiger partial charge on any atom is -0.375 e. The van der Waals surface area contributed by atoms with Crippen molar-refractivity contribution in [3.8, 4) is 0 Å². The van der Waals surface area contributed by atoms with Crippen LogP contribution in [-0.2, 0) is 6.54 Å². The maximum absolute atomic E-state index is 12.4. The second kappa shape index (κ2) is 5.49. The Kier molecular flexibility index (Phi) is 3.98. The number of amides is 1. The van der Waals surface area contributed by atoms with E-state index in [-0.39, 0.29) is 5.91 Å². The van der Waals surface area contributed by atoms with Crippen LogP contribution in [0, 0.1) is 6.92 Å². The number of hydrogen-bond donors (Lipinski definition) is 1. The Bertz CT molecular complexity index is 534. The van der Waals surface area contributed by atoms with Crippen LogP contribution < -0.4 is 5.73 Å². The minimum absolute atomic E-state index is 0.0117. The molecule has 0 radical (unpaired) electrons. The maximum atomic E-state index is 12.4. The van der Waals surface area contributed by atoms with Crippen molar-refractivity contribution in [2.24, 2.45) is 0 Å². The summed E-state index contributed by atoms with van der Waals surface area (Å²) in [6.45, 7) is 5.11. The van der Waals surface area contributed by atoms with Crippen molar-refractivity contribution in [1.29, 1.82) is 0 Å². The van der Waals surface area contributed by atoms with E-state index in [0.29, 0.717) is 28.8 Å². The van der Waals surface area contributed by atoms with Gasteiger partial charge in [-0.2, -0.15) is 0 Å². The van der Waals surface area contributed by atoms with Gasteiger partial charge in [-0.05, 0) is 25.3 Å². The number of anilines is 1. The van der Waals surface area contributed by atoms with Gasteiger partial charge in [-0.15, -0.1) is 11.3 Å². The standard InChI is InChI=1S/C12H15N3OS2/c1-3-15(7-9-5-4-6-17-9)11(16)10-8(2)14-12(13)18-10/h4-6H,3,7H2,1-2H3,(H2,13,14). The van der Waals surface area contributed by atoms with Crippen LogP contribution in [0.2, 0.25) is 0 Å². The molecule has 0 unspecified atom stereocenters. The summed E-state index contributed by atoms with van der Waals surface area (Å²) in [7, 11) is 0. The molecule has 96 valence electrons. The van der Waals surface area contributed by atoms with Gasteiger partial charge in [0.2, 0.25) is 0 Å². The SMILES string of the molecule is CCN(Cc1cccs1)C(=O)c1sc(N)nc1C. The lowest BCUT2D eigenvalue weighted by Gasteiger charge is -2.19. The number of rotatable bonds is 4. The summed E-state index contributed by atoms with van der Waals surface area (Å²) >= 11 is 2.92. The first-order valence-electron chi connectivity index (χ1n) is 5.66. The van der Waals surface area contributed by atoms with Crippen LogP contribution in [0.15, 0.2) is 17.5 Å². The summed E-state index contributed by atoms with van der Waals surface area (Å²) in [5.74, 6) is 0.0117. The smallest absolute Gasteiger partial charge is 0.266 e. The maximum Gasteiger partial charge on any atom is 0.266 e. The third-order valence-electron chi connectivity index (χ3n) is 2.60. The van der Waals surface area contributed by atoms with E-state index in [0.717, 1.165) is 0 Å². The molecule has 0 aliphatic carbocycles. The van der Waals surface area contributed by atoms with Gasteiger partial charge in [0, 0.05) is 11.4 Å². The van der Waals surface area contributed by atoms with Gasteiger partial charge in [0.05, 0.1) is 12.2 Å². The molecule has 1 amide bonds. The van der Waals surface area contributed by atoms with Crippen molar-refractivity contribution in [2.75, 3.05) is 12.3 Å². The number of thiophene rings is 1. The third kappa shape index (κ3) is 2.70. The van der Waals surface area contributed by atoms with Crippen molar-refractivity contribution in [1.82, 2.24) is 9.88 Å². The van der Waals surface area contributed by atoms with Crippen molar-refractivity contribution in [3.63, 3.8) is 0 Å². The number of aromatic nitrogens is 1. The lowest BCUT2D eigenvalue weighted by molar-refractivity contribution is 0.0758. The van der Waals surface area contributed by atoms with E-state index in [9.17, 15) is 4.79 Å². The molecular formula is C12H15N3OS2. The van der Waals surface area contributed by atoms with Gasteiger partial charge in [0.25, 0.3) is 5.91 Å². The normalized spacial score (nSPS) is 10.6. The highest BCUT2D eigenvalue weighted by atomic mass is 32.1. The van der Waals surface area contributed by atoms with Crippen LogP contribution in [0.3, 0.4) is 0 Å². The molecule has 4 nitrogen and oxygen atoms in total. The molecule has 0 atom stereocenters. The highest BCUT2D eigenvalue weighted by molar-refractivity contribution is 7.17. The first kappa shape index (κ1) is 13.0. The van der Waals surface area contributed by atoms with Gasteiger partial charge >= 0.3 is 0 Å². The first-order chi connectivity index (χ1) is 8.61. The van der Waals surface area contributed by atoms with E-state index in [4.69, 9.17) is 5.73 Å². The molecular weight excluding hydrogens is 266 g/mol. The van der Waals surface area contributed by atoms with Crippen molar-refractivity contribution in [3.05, 3.63) is 33.0 Å². The van der Waals surface area contributed by atoms with E-state index in [1.165, 1.54) is 16.2 Å². The molecule has 0 aliphatic heterocycles. The fourth-order valence-corrected chi connectivity index (χ4v) is 3.20. The summed E-state index contributed by atoms with van der Waals surface area (Å²) in [6, 6.07) is 4.03. The molecule has 0 saturated heterocycles. The van der Waals surface area contributed by atoms with E-state index < -0.39 is 0 Å². The van der Waals surface area contributed by atoms with E-state index in [1.807, 2.05) is 36.3 Å². The molecule has 18 heavy (non-hydrogen) atoms. The second-order valence-corrected chi connectivity index (χ2v) is 5.93. The topological polar surface area (TPSA) is 59.2 Å². The van der Waals surface area contributed by atoms with Crippen LogP contribution >= 0.6 is 22.7 Å². The fourth-order valence-electron chi connectivity index (χ4n) is 1.68. The number of thiazole rings is 1. The Morgan fingerprint density at radius 3 is 2.83 bits per heavy atom. The lowest BCUT2D eigenvalue weighted by Crippen LogP contribution is -2.29. The molecule has 0 saturated carbocycles. The zero-order valence-electron chi connectivity index (χ0n) is 10.3. The molecule has 0 aliphatic rings. The van der Waals surface area contributed by atoms with Crippen molar-refractivity contribution < 1.29 is 4.79 Å². The molecule has 2 heterocycles. The molecule has 0 spiro atoms. The summed E-state index contributed by atoms with van der Waals surface area (Å²) in [5.41, 5.74) is 6.35. The molecule has 2 N–H and O–H groups in total. The van der Waals surface area contributed by atoms with Crippen LogP contribution in [0.1, 0.15) is 27.2 Å². The monoisotopic (exact) mass is 281 g/mol. The molecule has 0 bridgehead atoms. The number of nitrogens with zero attached hydrogens (tertiary/aromatic N) is 2. The average Bonchev–Trinajstić information content (AvgIpc) is 2.95. The average molecular weight is 281 g/mol. The predicted molar refractivity (Wildman–Crippen MR) is 76.0 cm³/mol. The lowest BCUT2D eigenvalue weighted by atomic mass is 10.3. The number of aryl methyl sites for hydroxylation is 1. The molecule has 2 rings (SSSR count). The van der Waals surface area contributed by atoms with E-state index in [1.54, 1.807) is 11.3 Å². The summed E-state index contributed by atoms with van der Waals surface area (Å²) in [6.07, 6.45) is 0. The Hall–Kier alpha value is -1.40. The van der Waals surface area contributed by atoms with Gasteiger partial charge in [0.15, 0.2) is 5.13 Å². The Morgan fingerprint density at radius 1 is 1.56 bits per heavy atom. The Labute approximate surface area is 114 Å². The Morgan fingerprint density at radius 2 is 2.33 bits per heavy atom. The van der Waals surface area contributed by atoms with E-state index in [2.05, 4.69) is 4.98 Å². The second-order valence-electron chi connectivity index (χ2n) is 3.87. The molecule has 2 aromatic rings. The van der Waals surface area contributed by atoms with Gasteiger partial charge in [-0.1, -0.05) is 17.4 Å². The minimum atomic E-state index is 0.0117. The molecule has 2 aromatic heterocycles. The van der Waals surface area contributed by atoms with Crippen molar-refractivity contribution in [2.45, 2.75) is 20.4 Å². The van der Waals surface area contributed by atoms with Crippen molar-refractivity contribution >= 4 is 33.7 Å². The zero-order valence-corrected chi connectivity index (χ0v) is 12.0. The van der Waals surface area contributed by atoms with Crippen LogP contribution in [0.25, 0.3) is 0 Å². The van der Waals surface area contributed by atoms with Gasteiger partial charge in [-0.3, -0.25) is 4.79 Å². The van der Waals surface area contributed by atoms with Gasteiger partial charge in [0.1, 0.15) is 4.88 Å². The summed E-state index contributed by atoms with van der Waals surface area (Å²) in [4.78, 5) is 20.1. The molecule has 0 aromatic carbocycles. The van der Waals surface area contributed by atoms with Gasteiger partial charge < -0.3 is 10.6 Å². The molecule has 6 heteroatoms. The highest BCUT2D eigenvalue weighted by Gasteiger charge is 2.20. The zero-order chi connectivity index (χ0) is 13.1. The largest absolute Gasteiger partial charge is 0.375 e. The highest BCUT2D eigenvalue weighted by Crippen LogP contribution is 2.22. The molecule has 0 fully saturated rings. The predicted octanol–water partition coefficient (Wildman–Crippen LogP) is 2.76. The number of carbonyl (C=O) groups excluding carboxylic acids is 1. The summed E-state index contributed by atoms with van der Waals surface area (Å²) < 4.78 is 0. The number of hydrogen-bond acceptors (Lipinski definition) is 5. The summed E-state index contributed by atoms with van der Waals surface area (Å²) in [5, 5.41) is 2.46. The third-order valence-corrected chi connectivity index (χ3v) is 4.44. The van der Waals surface area contributed by atoms with Crippen LogP contribution in [0.4, 0.5) is 5.13 Å². The Balaban J connectivity index is 2.17. The van der Waals surface area contributed by atoms with Crippen LogP contribution in [0.5, 0.6) is 0 Å². The number of nitrogens with two attached hydrogens (primary N) is 1. The number of carbonyl (C=O) groups is 1. The van der Waals surface area contributed by atoms with E-state index >= 15 is 0 Å². The quantitative estimate of drug-likeness (QED) is 0.937. The van der Waals surface area contributed by atoms with Gasteiger partial charge in [-0.25, -0.2) is 4.98 Å². The first-order valence-corrected chi connectivity index (χ1v) is 7.36. The fraction of sp³-hybridized carbons (Fsp3) is 0.333.